The van der Waals surface area contributed by atoms with E-state index < -0.39 is 0 Å². The van der Waals surface area contributed by atoms with Gasteiger partial charge in [-0.15, -0.1) is 0 Å². The van der Waals surface area contributed by atoms with Gasteiger partial charge in [0.25, 0.3) is 0 Å². The Morgan fingerprint density at radius 2 is 2.24 bits per heavy atom. The molecular weight excluding hydrogens is 214 g/mol. The highest BCUT2D eigenvalue weighted by Gasteiger charge is 2.34. The Morgan fingerprint density at radius 1 is 1.35 bits per heavy atom. The van der Waals surface area contributed by atoms with Crippen molar-refractivity contribution in [2.45, 2.75) is 25.1 Å². The number of hydrogen-bond acceptors (Lipinski definition) is 3. The first-order valence-electron chi connectivity index (χ1n) is 6.24. The van der Waals surface area contributed by atoms with Crippen molar-refractivity contribution in [3.63, 3.8) is 0 Å². The third-order valence-corrected chi connectivity index (χ3v) is 3.78. The number of fused-ring (bicyclic) bond motifs is 3. The number of rotatable bonds is 1. The van der Waals surface area contributed by atoms with E-state index in [1.807, 2.05) is 6.07 Å². The van der Waals surface area contributed by atoms with E-state index in [0.717, 1.165) is 25.2 Å². The van der Waals surface area contributed by atoms with E-state index in [-0.39, 0.29) is 6.10 Å². The molecule has 0 saturated carbocycles. The van der Waals surface area contributed by atoms with Crippen LogP contribution in [0.2, 0.25) is 0 Å². The lowest BCUT2D eigenvalue weighted by Crippen LogP contribution is -2.49. The topological polar surface area (TPSA) is 39.1 Å². The molecule has 2 aliphatic heterocycles. The first kappa shape index (κ1) is 9.62. The molecule has 1 saturated heterocycles. The second kappa shape index (κ2) is 3.55. The standard InChI is InChI=1S/C13H15N3O/c1-2-4-10-9(3-1)12-13(11-5-6-14-11)17-8-7-16(12)15-10/h1-4,11,13-14H,5-8H2. The minimum atomic E-state index is 0.171. The molecule has 0 bridgehead atoms. The van der Waals surface area contributed by atoms with Gasteiger partial charge in [-0.1, -0.05) is 18.2 Å². The van der Waals surface area contributed by atoms with E-state index in [1.165, 1.54) is 17.5 Å². The maximum atomic E-state index is 5.95. The minimum Gasteiger partial charge on any atom is -0.368 e. The molecule has 1 aromatic heterocycles. The number of hydrogen-bond donors (Lipinski definition) is 1. The van der Waals surface area contributed by atoms with Crippen LogP contribution >= 0.6 is 0 Å². The maximum absolute atomic E-state index is 5.95. The van der Waals surface area contributed by atoms with Crippen LogP contribution in [0.4, 0.5) is 0 Å². The highest BCUT2D eigenvalue weighted by Crippen LogP contribution is 2.34. The molecule has 0 aliphatic carbocycles. The van der Waals surface area contributed by atoms with E-state index in [1.54, 1.807) is 0 Å². The van der Waals surface area contributed by atoms with Gasteiger partial charge in [-0.2, -0.15) is 5.10 Å². The average molecular weight is 229 g/mol. The molecule has 0 amide bonds. The highest BCUT2D eigenvalue weighted by molar-refractivity contribution is 5.82. The van der Waals surface area contributed by atoms with Gasteiger partial charge in [0.1, 0.15) is 6.10 Å². The fourth-order valence-electron chi connectivity index (χ4n) is 2.79. The smallest absolute Gasteiger partial charge is 0.115 e. The summed E-state index contributed by atoms with van der Waals surface area (Å²) in [6.45, 7) is 2.74. The molecule has 3 heterocycles. The lowest BCUT2D eigenvalue weighted by Gasteiger charge is -2.37. The molecule has 4 heteroatoms. The van der Waals surface area contributed by atoms with Gasteiger partial charge < -0.3 is 10.1 Å². The summed E-state index contributed by atoms with van der Waals surface area (Å²) < 4.78 is 8.08. The normalized spacial score (nSPS) is 27.8. The van der Waals surface area contributed by atoms with Crippen LogP contribution in [0.5, 0.6) is 0 Å². The van der Waals surface area contributed by atoms with Crippen LogP contribution in [0.25, 0.3) is 10.9 Å². The third kappa shape index (κ3) is 1.34. The van der Waals surface area contributed by atoms with Gasteiger partial charge >= 0.3 is 0 Å². The Bertz CT molecular complexity index is 559. The van der Waals surface area contributed by atoms with Crippen LogP contribution in [0.1, 0.15) is 18.2 Å². The number of ether oxygens (including phenoxy) is 1. The van der Waals surface area contributed by atoms with Gasteiger partial charge in [-0.25, -0.2) is 0 Å². The summed E-state index contributed by atoms with van der Waals surface area (Å²) in [7, 11) is 0. The van der Waals surface area contributed by atoms with Gasteiger partial charge in [0.05, 0.1) is 24.4 Å². The quantitative estimate of drug-likeness (QED) is 0.805. The molecule has 1 aromatic carbocycles. The molecule has 2 aromatic rings. The molecule has 1 fully saturated rings. The minimum absolute atomic E-state index is 0.171. The summed E-state index contributed by atoms with van der Waals surface area (Å²) in [5, 5.41) is 9.34. The third-order valence-electron chi connectivity index (χ3n) is 3.78. The van der Waals surface area contributed by atoms with E-state index in [2.05, 4.69) is 33.3 Å². The first-order valence-corrected chi connectivity index (χ1v) is 6.24. The molecular formula is C13H15N3O. The lowest BCUT2D eigenvalue weighted by molar-refractivity contribution is -0.0211. The van der Waals surface area contributed by atoms with Crippen LogP contribution < -0.4 is 5.32 Å². The predicted octanol–water partition coefficient (Wildman–Crippen LogP) is 1.47. The van der Waals surface area contributed by atoms with Crippen LogP contribution in [0, 0.1) is 0 Å². The van der Waals surface area contributed by atoms with E-state index in [4.69, 9.17) is 4.74 Å². The van der Waals surface area contributed by atoms with Gasteiger partial charge in [0.2, 0.25) is 0 Å². The molecule has 17 heavy (non-hydrogen) atoms. The highest BCUT2D eigenvalue weighted by atomic mass is 16.5. The van der Waals surface area contributed by atoms with Gasteiger partial charge in [0.15, 0.2) is 0 Å². The molecule has 2 unspecified atom stereocenters. The maximum Gasteiger partial charge on any atom is 0.115 e. The molecule has 88 valence electrons. The summed E-state index contributed by atoms with van der Waals surface area (Å²) in [6.07, 6.45) is 1.37. The van der Waals surface area contributed by atoms with Crippen molar-refractivity contribution in [3.05, 3.63) is 30.0 Å². The van der Waals surface area contributed by atoms with Crippen LogP contribution in [0.15, 0.2) is 24.3 Å². The summed E-state index contributed by atoms with van der Waals surface area (Å²) >= 11 is 0. The average Bonchev–Trinajstić information content (AvgIpc) is 2.66. The molecule has 4 nitrogen and oxygen atoms in total. The van der Waals surface area contributed by atoms with Crippen molar-refractivity contribution in [2.75, 3.05) is 13.2 Å². The van der Waals surface area contributed by atoms with Crippen molar-refractivity contribution < 1.29 is 4.74 Å². The Hall–Kier alpha value is -1.39. The molecule has 0 radical (unpaired) electrons. The second-order valence-corrected chi connectivity index (χ2v) is 4.77. The summed E-state index contributed by atoms with van der Waals surface area (Å²) in [5.41, 5.74) is 2.33. The summed E-state index contributed by atoms with van der Waals surface area (Å²) in [4.78, 5) is 0. The second-order valence-electron chi connectivity index (χ2n) is 4.77. The number of nitrogens with one attached hydrogen (secondary N) is 1. The molecule has 2 atom stereocenters. The SMILES string of the molecule is c1ccc2c3n(nc2c1)CCOC3C1CCN1. The summed E-state index contributed by atoms with van der Waals surface area (Å²) in [6, 6.07) is 8.80. The molecule has 1 N–H and O–H groups in total. The Kier molecular flexibility index (Phi) is 2.01. The van der Waals surface area contributed by atoms with Gasteiger partial charge in [-0.05, 0) is 19.0 Å². The zero-order valence-corrected chi connectivity index (χ0v) is 9.60. The number of nitrogens with zero attached hydrogens (tertiary/aromatic N) is 2. The zero-order valence-electron chi connectivity index (χ0n) is 9.60. The van der Waals surface area contributed by atoms with Crippen molar-refractivity contribution in [1.29, 1.82) is 0 Å². The van der Waals surface area contributed by atoms with Crippen LogP contribution in [0.3, 0.4) is 0 Å². The van der Waals surface area contributed by atoms with E-state index in [0.29, 0.717) is 6.04 Å². The zero-order chi connectivity index (χ0) is 11.2. The fraction of sp³-hybridized carbons (Fsp3) is 0.462. The number of aromatic nitrogens is 2. The summed E-state index contributed by atoms with van der Waals surface area (Å²) in [5.74, 6) is 0. The lowest BCUT2D eigenvalue weighted by atomic mass is 9.95. The Morgan fingerprint density at radius 3 is 3.06 bits per heavy atom. The molecule has 0 spiro atoms. The van der Waals surface area contributed by atoms with E-state index in [9.17, 15) is 0 Å². The molecule has 4 rings (SSSR count). The molecule has 2 aliphatic rings. The van der Waals surface area contributed by atoms with Crippen LogP contribution in [-0.4, -0.2) is 29.0 Å². The monoisotopic (exact) mass is 229 g/mol. The van der Waals surface area contributed by atoms with Crippen molar-refractivity contribution in [1.82, 2.24) is 15.1 Å². The van der Waals surface area contributed by atoms with Crippen molar-refractivity contribution in [2.24, 2.45) is 0 Å². The fourth-order valence-corrected chi connectivity index (χ4v) is 2.79. The largest absolute Gasteiger partial charge is 0.368 e. The first-order chi connectivity index (χ1) is 8.43. The van der Waals surface area contributed by atoms with Gasteiger partial charge in [-0.3, -0.25) is 4.68 Å². The van der Waals surface area contributed by atoms with Crippen molar-refractivity contribution >= 4 is 10.9 Å². The number of benzene rings is 1. The van der Waals surface area contributed by atoms with Crippen molar-refractivity contribution in [3.8, 4) is 0 Å². The Labute approximate surface area is 99.6 Å². The van der Waals surface area contributed by atoms with Gasteiger partial charge in [0, 0.05) is 11.4 Å². The van der Waals surface area contributed by atoms with Crippen LogP contribution in [-0.2, 0) is 11.3 Å². The van der Waals surface area contributed by atoms with E-state index >= 15 is 0 Å². The Balaban J connectivity index is 1.89. The predicted molar refractivity (Wildman–Crippen MR) is 64.8 cm³/mol.